The molecule has 2 aromatic rings. The Balaban J connectivity index is 2.81. The molecule has 2 rings (SSSR count). The fourth-order valence-electron chi connectivity index (χ4n) is 3.05. The molecule has 0 amide bonds. The van der Waals surface area contributed by atoms with Crippen molar-refractivity contribution in [3.8, 4) is 11.3 Å². The van der Waals surface area contributed by atoms with Gasteiger partial charge in [-0.3, -0.25) is 9.78 Å². The lowest BCUT2D eigenvalue weighted by Crippen LogP contribution is -2.16. The van der Waals surface area contributed by atoms with Gasteiger partial charge in [0.25, 0.3) is 0 Å². The summed E-state index contributed by atoms with van der Waals surface area (Å²) in [5.41, 5.74) is 3.20. The molecule has 138 valence electrons. The molecule has 5 heteroatoms. The van der Waals surface area contributed by atoms with Gasteiger partial charge in [-0.05, 0) is 30.6 Å². The molecule has 1 N–H and O–H groups in total. The standard InChI is InChI=1S/C21H25NO3S/c1-4-7-13-16-17(21(25)26-6-3)15(5-2)18(20(23)24)19(22-16)14-11-9-8-10-12-14/h8-12H,4-7,13H2,1-3H3,(H,23,24). The average Bonchev–Trinajstić information content (AvgIpc) is 2.65. The highest BCUT2D eigenvalue weighted by Gasteiger charge is 2.27. The number of carbonyl (C=O) groups is 2. The van der Waals surface area contributed by atoms with Crippen molar-refractivity contribution in [3.63, 3.8) is 0 Å². The highest BCUT2D eigenvalue weighted by Crippen LogP contribution is 2.32. The number of nitrogens with zero attached hydrogens (tertiary/aromatic N) is 1. The van der Waals surface area contributed by atoms with Crippen LogP contribution in [0.1, 0.15) is 65.6 Å². The summed E-state index contributed by atoms with van der Waals surface area (Å²) in [6.07, 6.45) is 3.05. The van der Waals surface area contributed by atoms with E-state index in [-0.39, 0.29) is 10.7 Å². The number of aryl methyl sites for hydroxylation is 1. The molecular weight excluding hydrogens is 346 g/mol. The van der Waals surface area contributed by atoms with Gasteiger partial charge in [0.1, 0.15) is 0 Å². The molecule has 0 saturated heterocycles. The molecule has 0 saturated carbocycles. The lowest BCUT2D eigenvalue weighted by atomic mass is 9.92. The minimum Gasteiger partial charge on any atom is -0.478 e. The van der Waals surface area contributed by atoms with Gasteiger partial charge in [-0.15, -0.1) is 0 Å². The van der Waals surface area contributed by atoms with E-state index in [1.54, 1.807) is 0 Å². The quantitative estimate of drug-likeness (QED) is 0.687. The fourth-order valence-corrected chi connectivity index (χ4v) is 3.69. The number of aromatic nitrogens is 1. The van der Waals surface area contributed by atoms with Crippen LogP contribution in [0.5, 0.6) is 0 Å². The van der Waals surface area contributed by atoms with Crippen molar-refractivity contribution in [2.45, 2.75) is 46.5 Å². The molecule has 26 heavy (non-hydrogen) atoms. The molecule has 1 aromatic carbocycles. The number of aromatic carboxylic acids is 1. The number of benzene rings is 1. The van der Waals surface area contributed by atoms with Gasteiger partial charge in [0, 0.05) is 5.56 Å². The van der Waals surface area contributed by atoms with Gasteiger partial charge >= 0.3 is 5.97 Å². The number of rotatable bonds is 8. The second-order valence-electron chi connectivity index (χ2n) is 5.98. The van der Waals surface area contributed by atoms with Crippen LogP contribution in [-0.2, 0) is 12.8 Å². The molecule has 0 unspecified atom stereocenters. The van der Waals surface area contributed by atoms with Crippen molar-refractivity contribution in [2.75, 3.05) is 5.75 Å². The number of carbonyl (C=O) groups excluding carboxylic acids is 1. The van der Waals surface area contributed by atoms with Crippen molar-refractivity contribution in [2.24, 2.45) is 0 Å². The van der Waals surface area contributed by atoms with Gasteiger partial charge in [-0.1, -0.05) is 69.3 Å². The average molecular weight is 372 g/mol. The van der Waals surface area contributed by atoms with Crippen molar-refractivity contribution in [1.82, 2.24) is 4.98 Å². The molecule has 1 aromatic heterocycles. The first kappa shape index (κ1) is 20.2. The number of unbranched alkanes of at least 4 members (excludes halogenated alkanes) is 1. The number of carboxylic acid groups (broad SMARTS) is 1. The Kier molecular flexibility index (Phi) is 7.39. The summed E-state index contributed by atoms with van der Waals surface area (Å²) >= 11 is 1.21. The van der Waals surface area contributed by atoms with Crippen LogP contribution in [0.25, 0.3) is 11.3 Å². The van der Waals surface area contributed by atoms with E-state index in [1.807, 2.05) is 44.2 Å². The topological polar surface area (TPSA) is 67.3 Å². The van der Waals surface area contributed by atoms with Gasteiger partial charge < -0.3 is 5.11 Å². The minimum atomic E-state index is -1.04. The summed E-state index contributed by atoms with van der Waals surface area (Å²) in [5, 5.41) is 9.81. The Labute approximate surface area is 159 Å². The summed E-state index contributed by atoms with van der Waals surface area (Å²) in [7, 11) is 0. The van der Waals surface area contributed by atoms with E-state index in [0.29, 0.717) is 35.4 Å². The molecule has 1 heterocycles. The smallest absolute Gasteiger partial charge is 0.338 e. The third kappa shape index (κ3) is 4.33. The van der Waals surface area contributed by atoms with Crippen LogP contribution in [0.4, 0.5) is 0 Å². The van der Waals surface area contributed by atoms with Crippen molar-refractivity contribution in [1.29, 1.82) is 0 Å². The van der Waals surface area contributed by atoms with E-state index in [0.717, 1.165) is 24.1 Å². The van der Waals surface area contributed by atoms with E-state index < -0.39 is 5.97 Å². The Hall–Kier alpha value is -2.14. The summed E-state index contributed by atoms with van der Waals surface area (Å²) in [6.45, 7) is 5.91. The largest absolute Gasteiger partial charge is 0.478 e. The number of hydrogen-bond donors (Lipinski definition) is 1. The summed E-state index contributed by atoms with van der Waals surface area (Å²) in [4.78, 5) is 29.5. The fraction of sp³-hybridized carbons (Fsp3) is 0.381. The van der Waals surface area contributed by atoms with Crippen LogP contribution in [0.2, 0.25) is 0 Å². The molecule has 0 aliphatic heterocycles. The van der Waals surface area contributed by atoms with Gasteiger partial charge in [0.2, 0.25) is 5.12 Å². The second-order valence-corrected chi connectivity index (χ2v) is 7.22. The number of carboxylic acids is 1. The predicted octanol–water partition coefficient (Wildman–Crippen LogP) is 5.25. The first-order valence-electron chi connectivity index (χ1n) is 9.06. The maximum Gasteiger partial charge on any atom is 0.338 e. The first-order chi connectivity index (χ1) is 12.5. The molecule has 0 fully saturated rings. The van der Waals surface area contributed by atoms with Gasteiger partial charge in [0.05, 0.1) is 22.5 Å². The molecule has 0 atom stereocenters. The Morgan fingerprint density at radius 2 is 1.77 bits per heavy atom. The molecule has 0 radical (unpaired) electrons. The van der Waals surface area contributed by atoms with Crippen molar-refractivity contribution >= 4 is 22.8 Å². The SMILES string of the molecule is CCCCc1nc(-c2ccccc2)c(C(=O)O)c(CC)c1C(=O)SCC. The first-order valence-corrected chi connectivity index (χ1v) is 10.0. The molecule has 0 bridgehead atoms. The maximum atomic E-state index is 12.8. The highest BCUT2D eigenvalue weighted by atomic mass is 32.2. The number of thioether (sulfide) groups is 1. The Morgan fingerprint density at radius 1 is 1.08 bits per heavy atom. The third-order valence-electron chi connectivity index (χ3n) is 4.24. The van der Waals surface area contributed by atoms with E-state index in [4.69, 9.17) is 4.98 Å². The van der Waals surface area contributed by atoms with Crippen molar-refractivity contribution in [3.05, 3.63) is 52.7 Å². The van der Waals surface area contributed by atoms with Crippen LogP contribution in [0, 0.1) is 0 Å². The van der Waals surface area contributed by atoms with Gasteiger partial charge in [-0.2, -0.15) is 0 Å². The Bertz CT molecular complexity index is 788. The second kappa shape index (κ2) is 9.53. The van der Waals surface area contributed by atoms with Gasteiger partial charge in [-0.25, -0.2) is 4.79 Å². The number of pyridine rings is 1. The molecular formula is C21H25NO3S. The molecule has 4 nitrogen and oxygen atoms in total. The van der Waals surface area contributed by atoms with Crippen LogP contribution in [0.15, 0.2) is 30.3 Å². The van der Waals surface area contributed by atoms with Crippen LogP contribution in [-0.4, -0.2) is 26.9 Å². The zero-order valence-corrected chi connectivity index (χ0v) is 16.4. The lowest BCUT2D eigenvalue weighted by Gasteiger charge is -2.18. The zero-order chi connectivity index (χ0) is 19.1. The highest BCUT2D eigenvalue weighted by molar-refractivity contribution is 8.14. The maximum absolute atomic E-state index is 12.8. The van der Waals surface area contributed by atoms with E-state index in [9.17, 15) is 14.7 Å². The van der Waals surface area contributed by atoms with Crippen LogP contribution in [0.3, 0.4) is 0 Å². The number of hydrogen-bond acceptors (Lipinski definition) is 4. The van der Waals surface area contributed by atoms with Crippen LogP contribution < -0.4 is 0 Å². The molecule has 0 aliphatic carbocycles. The van der Waals surface area contributed by atoms with Crippen LogP contribution >= 0.6 is 11.8 Å². The van der Waals surface area contributed by atoms with E-state index >= 15 is 0 Å². The summed E-state index contributed by atoms with van der Waals surface area (Å²) in [6, 6.07) is 9.34. The zero-order valence-electron chi connectivity index (χ0n) is 15.5. The lowest BCUT2D eigenvalue weighted by molar-refractivity contribution is 0.0696. The van der Waals surface area contributed by atoms with E-state index in [2.05, 4.69) is 6.92 Å². The predicted molar refractivity (Wildman–Crippen MR) is 107 cm³/mol. The molecule has 0 spiro atoms. The summed E-state index contributed by atoms with van der Waals surface area (Å²) < 4.78 is 0. The minimum absolute atomic E-state index is 0.0786. The summed E-state index contributed by atoms with van der Waals surface area (Å²) in [5.74, 6) is -0.385. The monoisotopic (exact) mass is 371 g/mol. The normalized spacial score (nSPS) is 10.7. The Morgan fingerprint density at radius 3 is 2.31 bits per heavy atom. The van der Waals surface area contributed by atoms with Crippen molar-refractivity contribution < 1.29 is 14.7 Å². The molecule has 0 aliphatic rings. The van der Waals surface area contributed by atoms with E-state index in [1.165, 1.54) is 11.8 Å². The third-order valence-corrected chi connectivity index (χ3v) is 4.99. The van der Waals surface area contributed by atoms with Gasteiger partial charge in [0.15, 0.2) is 0 Å².